The molecule has 0 aliphatic carbocycles. The number of likely N-dealkylation sites (N-methyl/N-ethyl adjacent to an activating group) is 1. The summed E-state index contributed by atoms with van der Waals surface area (Å²) in [6.45, 7) is 4.93. The van der Waals surface area contributed by atoms with Gasteiger partial charge in [-0.15, -0.1) is 0 Å². The first-order valence-electron chi connectivity index (χ1n) is 9.93. The maximum absolute atomic E-state index is 5.60. The van der Waals surface area contributed by atoms with E-state index in [1.165, 1.54) is 33.4 Å². The first-order chi connectivity index (χ1) is 13.7. The van der Waals surface area contributed by atoms with Crippen LogP contribution < -0.4 is 4.74 Å². The highest BCUT2D eigenvalue weighted by molar-refractivity contribution is 5.66. The molecule has 0 bridgehead atoms. The van der Waals surface area contributed by atoms with Gasteiger partial charge in [0.25, 0.3) is 0 Å². The predicted molar refractivity (Wildman–Crippen MR) is 118 cm³/mol. The van der Waals surface area contributed by atoms with Gasteiger partial charge in [-0.25, -0.2) is 0 Å². The first kappa shape index (κ1) is 18.5. The minimum absolute atomic E-state index is 0.819. The van der Waals surface area contributed by atoms with Crippen molar-refractivity contribution in [2.75, 3.05) is 20.2 Å². The van der Waals surface area contributed by atoms with Crippen molar-refractivity contribution in [3.05, 3.63) is 95.1 Å². The van der Waals surface area contributed by atoms with Crippen molar-refractivity contribution in [3.63, 3.8) is 0 Å². The van der Waals surface area contributed by atoms with E-state index in [2.05, 4.69) is 97.7 Å². The van der Waals surface area contributed by atoms with Crippen LogP contribution in [-0.4, -0.2) is 25.1 Å². The summed E-state index contributed by atoms with van der Waals surface area (Å²) in [6, 6.07) is 25.9. The second kappa shape index (κ2) is 8.45. The molecular weight excluding hydrogens is 342 g/mol. The van der Waals surface area contributed by atoms with Crippen LogP contribution in [0.5, 0.6) is 5.75 Å². The molecule has 3 aromatic rings. The molecule has 1 aliphatic heterocycles. The SMILES string of the molecule is C/C(=C\c1ccc(-c2ccccc2)cc1)CN(C)Cc1ccc2c(c1)CCO2. The van der Waals surface area contributed by atoms with Crippen LogP contribution in [0, 0.1) is 0 Å². The summed E-state index contributed by atoms with van der Waals surface area (Å²) >= 11 is 0. The minimum Gasteiger partial charge on any atom is -0.493 e. The highest BCUT2D eigenvalue weighted by atomic mass is 16.5. The molecule has 0 saturated carbocycles. The third-order valence-electron chi connectivity index (χ3n) is 5.16. The molecule has 0 aromatic heterocycles. The summed E-state index contributed by atoms with van der Waals surface area (Å²) in [7, 11) is 2.18. The van der Waals surface area contributed by atoms with Crippen molar-refractivity contribution in [1.29, 1.82) is 0 Å². The number of hydrogen-bond acceptors (Lipinski definition) is 2. The standard InChI is InChI=1S/C26H27NO/c1-20(16-21-8-11-24(12-9-21)23-6-4-3-5-7-23)18-27(2)19-22-10-13-26-25(17-22)14-15-28-26/h3-13,16-17H,14-15,18-19H2,1-2H3/b20-16+. The normalized spacial score (nSPS) is 13.5. The van der Waals surface area contributed by atoms with Crippen LogP contribution in [-0.2, 0) is 13.0 Å². The zero-order valence-corrected chi connectivity index (χ0v) is 16.7. The van der Waals surface area contributed by atoms with E-state index >= 15 is 0 Å². The Balaban J connectivity index is 1.37. The number of fused-ring (bicyclic) bond motifs is 1. The lowest BCUT2D eigenvalue weighted by atomic mass is 10.0. The summed E-state index contributed by atoms with van der Waals surface area (Å²) < 4.78 is 5.60. The lowest BCUT2D eigenvalue weighted by molar-refractivity contribution is 0.353. The second-order valence-corrected chi connectivity index (χ2v) is 7.69. The van der Waals surface area contributed by atoms with E-state index in [4.69, 9.17) is 4.74 Å². The van der Waals surface area contributed by atoms with Crippen LogP contribution in [0.25, 0.3) is 17.2 Å². The van der Waals surface area contributed by atoms with Gasteiger partial charge in [0.15, 0.2) is 0 Å². The van der Waals surface area contributed by atoms with Gasteiger partial charge >= 0.3 is 0 Å². The van der Waals surface area contributed by atoms with Gasteiger partial charge in [0, 0.05) is 19.5 Å². The third kappa shape index (κ3) is 4.52. The van der Waals surface area contributed by atoms with Gasteiger partial charge < -0.3 is 4.74 Å². The monoisotopic (exact) mass is 369 g/mol. The maximum atomic E-state index is 5.60. The van der Waals surface area contributed by atoms with Gasteiger partial charge in [0.1, 0.15) is 5.75 Å². The number of hydrogen-bond donors (Lipinski definition) is 0. The van der Waals surface area contributed by atoms with Crippen LogP contribution >= 0.6 is 0 Å². The molecule has 1 aliphatic rings. The van der Waals surface area contributed by atoms with E-state index in [0.717, 1.165) is 31.9 Å². The number of rotatable bonds is 6. The molecule has 2 heteroatoms. The van der Waals surface area contributed by atoms with Crippen molar-refractivity contribution in [2.24, 2.45) is 0 Å². The van der Waals surface area contributed by atoms with E-state index in [-0.39, 0.29) is 0 Å². The van der Waals surface area contributed by atoms with Gasteiger partial charge in [-0.2, -0.15) is 0 Å². The summed E-state index contributed by atoms with van der Waals surface area (Å²) in [5, 5.41) is 0. The Bertz CT molecular complexity index is 957. The molecule has 28 heavy (non-hydrogen) atoms. The van der Waals surface area contributed by atoms with Crippen molar-refractivity contribution in [1.82, 2.24) is 4.90 Å². The lowest BCUT2D eigenvalue weighted by Crippen LogP contribution is -2.19. The highest BCUT2D eigenvalue weighted by Gasteiger charge is 2.12. The van der Waals surface area contributed by atoms with Gasteiger partial charge in [-0.1, -0.05) is 78.4 Å². The fourth-order valence-corrected chi connectivity index (χ4v) is 3.86. The van der Waals surface area contributed by atoms with Crippen LogP contribution in [0.15, 0.2) is 78.4 Å². The molecule has 2 nitrogen and oxygen atoms in total. The maximum Gasteiger partial charge on any atom is 0.122 e. The van der Waals surface area contributed by atoms with E-state index in [1.807, 2.05) is 0 Å². The van der Waals surface area contributed by atoms with Crippen molar-refractivity contribution in [3.8, 4) is 16.9 Å². The zero-order valence-electron chi connectivity index (χ0n) is 16.7. The Morgan fingerprint density at radius 3 is 2.50 bits per heavy atom. The Labute approximate surface area is 168 Å². The molecule has 142 valence electrons. The fourth-order valence-electron chi connectivity index (χ4n) is 3.86. The molecule has 0 N–H and O–H groups in total. The number of benzene rings is 3. The molecular formula is C26H27NO. The smallest absolute Gasteiger partial charge is 0.122 e. The lowest BCUT2D eigenvalue weighted by Gasteiger charge is -2.17. The van der Waals surface area contributed by atoms with Crippen molar-refractivity contribution in [2.45, 2.75) is 19.9 Å². The Morgan fingerprint density at radius 2 is 1.71 bits per heavy atom. The molecule has 0 fully saturated rings. The van der Waals surface area contributed by atoms with Gasteiger partial charge in [0.05, 0.1) is 6.61 Å². The summed E-state index contributed by atoms with van der Waals surface area (Å²) in [5.41, 5.74) is 7.82. The Kier molecular flexibility index (Phi) is 5.59. The third-order valence-corrected chi connectivity index (χ3v) is 5.16. The minimum atomic E-state index is 0.819. The van der Waals surface area contributed by atoms with Gasteiger partial charge in [-0.3, -0.25) is 4.90 Å². The summed E-state index contributed by atoms with van der Waals surface area (Å²) in [6.07, 6.45) is 3.31. The molecule has 4 rings (SSSR count). The molecule has 1 heterocycles. The first-order valence-corrected chi connectivity index (χ1v) is 9.93. The Morgan fingerprint density at radius 1 is 0.964 bits per heavy atom. The van der Waals surface area contributed by atoms with Gasteiger partial charge in [0.2, 0.25) is 0 Å². The predicted octanol–water partition coefficient (Wildman–Crippen LogP) is 5.82. The number of ether oxygens (including phenoxy) is 1. The molecule has 3 aromatic carbocycles. The fraction of sp³-hybridized carbons (Fsp3) is 0.231. The molecule has 0 saturated heterocycles. The van der Waals surface area contributed by atoms with E-state index in [1.54, 1.807) is 0 Å². The van der Waals surface area contributed by atoms with E-state index < -0.39 is 0 Å². The van der Waals surface area contributed by atoms with Crippen LogP contribution in [0.3, 0.4) is 0 Å². The van der Waals surface area contributed by atoms with Crippen LogP contribution in [0.1, 0.15) is 23.6 Å². The summed E-state index contributed by atoms with van der Waals surface area (Å²) in [5.74, 6) is 1.06. The van der Waals surface area contributed by atoms with Crippen molar-refractivity contribution >= 4 is 6.08 Å². The van der Waals surface area contributed by atoms with Crippen LogP contribution in [0.4, 0.5) is 0 Å². The zero-order chi connectivity index (χ0) is 19.3. The molecule has 0 atom stereocenters. The Hall–Kier alpha value is -2.84. The molecule has 0 radical (unpaired) electrons. The largest absolute Gasteiger partial charge is 0.493 e. The van der Waals surface area contributed by atoms with Gasteiger partial charge in [-0.05, 0) is 47.9 Å². The average molecular weight is 370 g/mol. The quantitative estimate of drug-likeness (QED) is 0.542. The second-order valence-electron chi connectivity index (χ2n) is 7.69. The molecule has 0 unspecified atom stereocenters. The highest BCUT2D eigenvalue weighted by Crippen LogP contribution is 2.26. The van der Waals surface area contributed by atoms with E-state index in [0.29, 0.717) is 0 Å². The molecule has 0 amide bonds. The topological polar surface area (TPSA) is 12.5 Å². The van der Waals surface area contributed by atoms with Crippen molar-refractivity contribution < 1.29 is 4.74 Å². The number of nitrogens with zero attached hydrogens (tertiary/aromatic N) is 1. The van der Waals surface area contributed by atoms with Crippen LogP contribution in [0.2, 0.25) is 0 Å². The van der Waals surface area contributed by atoms with E-state index in [9.17, 15) is 0 Å². The summed E-state index contributed by atoms with van der Waals surface area (Å²) in [4.78, 5) is 2.36. The molecule has 0 spiro atoms. The average Bonchev–Trinajstić information content (AvgIpc) is 3.17.